The van der Waals surface area contributed by atoms with Gasteiger partial charge in [-0.1, -0.05) is 48.5 Å². The molecule has 1 N–H and O–H groups in total. The summed E-state index contributed by atoms with van der Waals surface area (Å²) in [6.45, 7) is 0. The first-order chi connectivity index (χ1) is 14.8. The van der Waals surface area contributed by atoms with Gasteiger partial charge in [-0.2, -0.15) is 5.10 Å². The van der Waals surface area contributed by atoms with Crippen LogP contribution in [0.5, 0.6) is 5.75 Å². The first-order valence-corrected chi connectivity index (χ1v) is 10.5. The number of aromatic nitrogens is 1. The molecule has 5 heteroatoms. The minimum absolute atomic E-state index is 0.751. The lowest BCUT2D eigenvalue weighted by atomic mass is 9.97. The normalized spacial score (nSPS) is 11.4. The standard InChI is InChI=1S/C25H19N3OS/c1-29-20-12-10-17(11-13-20)24-16-30-25(27-24)28-26-15-23-21-8-4-2-6-18(21)14-19-7-3-5-9-22(19)23/h2-16H,1H3,(H,27,28). The number of anilines is 1. The van der Waals surface area contributed by atoms with Crippen LogP contribution in [0.15, 0.2) is 89.3 Å². The number of rotatable bonds is 5. The molecule has 30 heavy (non-hydrogen) atoms. The van der Waals surface area contributed by atoms with Gasteiger partial charge in [-0.15, -0.1) is 11.3 Å². The van der Waals surface area contributed by atoms with Gasteiger partial charge in [0.25, 0.3) is 0 Å². The van der Waals surface area contributed by atoms with E-state index in [1.54, 1.807) is 7.11 Å². The molecule has 0 fully saturated rings. The lowest BCUT2D eigenvalue weighted by Crippen LogP contribution is -1.93. The van der Waals surface area contributed by atoms with E-state index >= 15 is 0 Å². The van der Waals surface area contributed by atoms with Gasteiger partial charge in [-0.25, -0.2) is 4.98 Å². The van der Waals surface area contributed by atoms with Crippen molar-refractivity contribution >= 4 is 44.2 Å². The molecule has 1 heterocycles. The number of hydrazone groups is 1. The summed E-state index contributed by atoms with van der Waals surface area (Å²) in [7, 11) is 1.66. The van der Waals surface area contributed by atoms with Crippen LogP contribution in [-0.2, 0) is 0 Å². The van der Waals surface area contributed by atoms with Crippen molar-refractivity contribution in [2.75, 3.05) is 12.5 Å². The number of ether oxygens (including phenoxy) is 1. The van der Waals surface area contributed by atoms with E-state index in [0.29, 0.717) is 0 Å². The maximum atomic E-state index is 5.22. The second-order valence-corrected chi connectivity index (χ2v) is 7.73. The van der Waals surface area contributed by atoms with Crippen molar-refractivity contribution in [1.29, 1.82) is 0 Å². The molecule has 0 aliphatic heterocycles. The number of benzene rings is 4. The SMILES string of the molecule is COc1ccc(-c2csc(NN=Cc3c4ccccc4cc4ccccc34)n2)cc1. The van der Waals surface area contributed by atoms with Crippen LogP contribution in [0.1, 0.15) is 5.56 Å². The average molecular weight is 410 g/mol. The van der Waals surface area contributed by atoms with Crippen molar-refractivity contribution < 1.29 is 4.74 Å². The Morgan fingerprint density at radius 1 is 0.900 bits per heavy atom. The van der Waals surface area contributed by atoms with Gasteiger partial charge in [-0.05, 0) is 51.9 Å². The van der Waals surface area contributed by atoms with E-state index in [4.69, 9.17) is 4.74 Å². The molecule has 0 atom stereocenters. The monoisotopic (exact) mass is 409 g/mol. The maximum absolute atomic E-state index is 5.22. The lowest BCUT2D eigenvalue weighted by Gasteiger charge is -2.07. The third-order valence-corrected chi connectivity index (χ3v) is 5.80. The Bertz CT molecular complexity index is 1300. The highest BCUT2D eigenvalue weighted by Gasteiger charge is 2.07. The lowest BCUT2D eigenvalue weighted by molar-refractivity contribution is 0.415. The van der Waals surface area contributed by atoms with Gasteiger partial charge in [0.05, 0.1) is 19.0 Å². The molecule has 1 aromatic heterocycles. The van der Waals surface area contributed by atoms with E-state index < -0.39 is 0 Å². The van der Waals surface area contributed by atoms with Crippen LogP contribution < -0.4 is 10.2 Å². The number of thiazole rings is 1. The zero-order valence-corrected chi connectivity index (χ0v) is 17.2. The number of methoxy groups -OCH3 is 1. The van der Waals surface area contributed by atoms with Crippen LogP contribution >= 0.6 is 11.3 Å². The summed E-state index contributed by atoms with van der Waals surface area (Å²) in [5.41, 5.74) is 6.15. The van der Waals surface area contributed by atoms with E-state index in [0.717, 1.165) is 27.7 Å². The number of nitrogens with zero attached hydrogens (tertiary/aromatic N) is 2. The van der Waals surface area contributed by atoms with Crippen LogP contribution in [0.2, 0.25) is 0 Å². The third-order valence-electron chi connectivity index (χ3n) is 5.06. The highest BCUT2D eigenvalue weighted by Crippen LogP contribution is 2.28. The quantitative estimate of drug-likeness (QED) is 0.203. The molecular formula is C25H19N3OS. The Kier molecular flexibility index (Phi) is 4.87. The number of hydrogen-bond acceptors (Lipinski definition) is 5. The molecule has 0 radical (unpaired) electrons. The highest BCUT2D eigenvalue weighted by atomic mass is 32.1. The Labute approximate surface area is 178 Å². The van der Waals surface area contributed by atoms with Crippen LogP contribution in [0, 0.1) is 0 Å². The van der Waals surface area contributed by atoms with Crippen LogP contribution in [0.25, 0.3) is 32.8 Å². The number of hydrogen-bond donors (Lipinski definition) is 1. The Hall–Kier alpha value is -3.70. The molecule has 0 unspecified atom stereocenters. The molecule has 0 bridgehead atoms. The fourth-order valence-corrected chi connectivity index (χ4v) is 4.23. The molecule has 0 saturated carbocycles. The second-order valence-electron chi connectivity index (χ2n) is 6.87. The van der Waals surface area contributed by atoms with E-state index in [-0.39, 0.29) is 0 Å². The molecule has 0 amide bonds. The average Bonchev–Trinajstić information content (AvgIpc) is 3.27. The van der Waals surface area contributed by atoms with Crippen LogP contribution in [0.3, 0.4) is 0 Å². The molecular weight excluding hydrogens is 390 g/mol. The predicted octanol–water partition coefficient (Wildman–Crippen LogP) is 6.57. The maximum Gasteiger partial charge on any atom is 0.203 e. The summed E-state index contributed by atoms with van der Waals surface area (Å²) in [6.07, 6.45) is 1.89. The summed E-state index contributed by atoms with van der Waals surface area (Å²) in [5.74, 6) is 0.833. The van der Waals surface area contributed by atoms with Gasteiger partial charge in [0.2, 0.25) is 5.13 Å². The molecule has 0 aliphatic carbocycles. The molecule has 4 nitrogen and oxygen atoms in total. The van der Waals surface area contributed by atoms with Gasteiger partial charge >= 0.3 is 0 Å². The summed E-state index contributed by atoms with van der Waals surface area (Å²) >= 11 is 1.53. The van der Waals surface area contributed by atoms with Gasteiger partial charge in [0, 0.05) is 16.5 Å². The fourth-order valence-electron chi connectivity index (χ4n) is 3.56. The van der Waals surface area contributed by atoms with E-state index in [2.05, 4.69) is 70.1 Å². The van der Waals surface area contributed by atoms with E-state index in [9.17, 15) is 0 Å². The second kappa shape index (κ2) is 7.97. The molecule has 0 aliphatic rings. The van der Waals surface area contributed by atoms with Crippen molar-refractivity contribution in [2.45, 2.75) is 0 Å². The van der Waals surface area contributed by atoms with Crippen LogP contribution in [-0.4, -0.2) is 18.3 Å². The largest absolute Gasteiger partial charge is 0.497 e. The first kappa shape index (κ1) is 18.3. The van der Waals surface area contributed by atoms with E-state index in [1.807, 2.05) is 35.9 Å². The molecule has 5 aromatic rings. The van der Waals surface area contributed by atoms with Gasteiger partial charge in [0.1, 0.15) is 5.75 Å². The van der Waals surface area contributed by atoms with Crippen molar-refractivity contribution in [3.63, 3.8) is 0 Å². The van der Waals surface area contributed by atoms with Crippen LogP contribution in [0.4, 0.5) is 5.13 Å². The van der Waals surface area contributed by atoms with Crippen molar-refractivity contribution in [3.05, 3.63) is 89.8 Å². The smallest absolute Gasteiger partial charge is 0.203 e. The molecule has 5 rings (SSSR count). The minimum Gasteiger partial charge on any atom is -0.497 e. The summed E-state index contributed by atoms with van der Waals surface area (Å²) in [5, 5.41) is 12.0. The highest BCUT2D eigenvalue weighted by molar-refractivity contribution is 7.14. The minimum atomic E-state index is 0.751. The van der Waals surface area contributed by atoms with Crippen molar-refractivity contribution in [3.8, 4) is 17.0 Å². The molecule has 146 valence electrons. The summed E-state index contributed by atoms with van der Waals surface area (Å²) in [6, 6.07) is 26.9. The predicted molar refractivity (Wildman–Crippen MR) is 127 cm³/mol. The first-order valence-electron chi connectivity index (χ1n) is 9.61. The van der Waals surface area contributed by atoms with Crippen molar-refractivity contribution in [1.82, 2.24) is 4.98 Å². The Morgan fingerprint density at radius 2 is 1.57 bits per heavy atom. The zero-order chi connectivity index (χ0) is 20.3. The van der Waals surface area contributed by atoms with Gasteiger partial charge < -0.3 is 4.74 Å². The molecule has 4 aromatic carbocycles. The molecule has 0 saturated heterocycles. The summed E-state index contributed by atoms with van der Waals surface area (Å²) < 4.78 is 5.22. The van der Waals surface area contributed by atoms with Gasteiger partial charge in [-0.3, -0.25) is 5.43 Å². The fraction of sp³-hybridized carbons (Fsp3) is 0.0400. The zero-order valence-electron chi connectivity index (χ0n) is 16.4. The molecule has 0 spiro atoms. The van der Waals surface area contributed by atoms with Gasteiger partial charge in [0.15, 0.2) is 0 Å². The van der Waals surface area contributed by atoms with Crippen molar-refractivity contribution in [2.24, 2.45) is 5.10 Å². The van der Waals surface area contributed by atoms with E-state index in [1.165, 1.54) is 32.9 Å². The number of nitrogens with one attached hydrogen (secondary N) is 1. The third kappa shape index (κ3) is 3.51. The topological polar surface area (TPSA) is 46.5 Å². The Balaban J connectivity index is 1.43. The summed E-state index contributed by atoms with van der Waals surface area (Å²) in [4.78, 5) is 4.64. The number of fused-ring (bicyclic) bond motifs is 2. The Morgan fingerprint density at radius 3 is 2.23 bits per heavy atom.